The van der Waals surface area contributed by atoms with Gasteiger partial charge in [0.2, 0.25) is 0 Å². The Hall–Kier alpha value is -1.70. The van der Waals surface area contributed by atoms with Gasteiger partial charge in [-0.3, -0.25) is 0 Å². The van der Waals surface area contributed by atoms with E-state index in [0.717, 1.165) is 55.5 Å². The molecule has 0 aromatic heterocycles. The van der Waals surface area contributed by atoms with Crippen LogP contribution in [0.5, 0.6) is 11.5 Å². The Kier molecular flexibility index (Phi) is 7.48. The Labute approximate surface area is 292 Å². The van der Waals surface area contributed by atoms with E-state index in [1.807, 2.05) is 18.2 Å². The van der Waals surface area contributed by atoms with Crippen LogP contribution in [0.15, 0.2) is 48.5 Å². The van der Waals surface area contributed by atoms with Crippen molar-refractivity contribution in [3.63, 3.8) is 0 Å². The average molecular weight is 673 g/mol. The van der Waals surface area contributed by atoms with E-state index in [4.69, 9.17) is 39.7 Å². The van der Waals surface area contributed by atoms with Gasteiger partial charge in [-0.15, -0.1) is 11.6 Å². The van der Waals surface area contributed by atoms with E-state index in [0.29, 0.717) is 41.1 Å². The van der Waals surface area contributed by atoms with Crippen LogP contribution in [0.4, 0.5) is 0 Å². The van der Waals surface area contributed by atoms with Gasteiger partial charge in [-0.1, -0.05) is 64.1 Å². The highest BCUT2D eigenvalue weighted by Gasteiger charge is 2.69. The third-order valence-corrected chi connectivity index (χ3v) is 15.2. The first kappa shape index (κ1) is 32.2. The van der Waals surface area contributed by atoms with Gasteiger partial charge in [0.05, 0.1) is 41.9 Å². The van der Waals surface area contributed by atoms with Crippen molar-refractivity contribution in [2.75, 3.05) is 13.2 Å². The molecular formula is C39H51B2ClO6. The molecule has 0 spiro atoms. The number of benzene rings is 2. The summed E-state index contributed by atoms with van der Waals surface area (Å²) >= 11 is 6.79. The maximum atomic E-state index is 6.79. The quantitative estimate of drug-likeness (QED) is 0.235. The summed E-state index contributed by atoms with van der Waals surface area (Å²) in [7, 11) is -0.389. The standard InChI is InChI=1S/C20H26BClO3.C19H25BO3/c1-19(2)13-9-16(19)20(3)17(10-13)24-21(25-20)18(22)8-12-11-23-15-7-5-4-6-14(12)15;1-18(2)13-8-16(18)19(3)17(9-13)22-20(23-19)10-12-11-21-15-7-5-4-6-14(12)15/h4-7,12-13,16-18H,8-11H2,1-3H3;4-7,12-13,16-17H,8-11H2,1-3H3/t12?,13-,16-,17+,18+,20-;12?,13-,16-,17+,19-/m00/s1. The van der Waals surface area contributed by atoms with Gasteiger partial charge in [-0.25, -0.2) is 0 Å². The molecule has 10 aliphatic rings. The normalized spacial score (nSPS) is 42.1. The highest BCUT2D eigenvalue weighted by Crippen LogP contribution is 2.67. The minimum Gasteiger partial charge on any atom is -0.493 e. The summed E-state index contributed by atoms with van der Waals surface area (Å²) in [5.74, 6) is 5.53. The Bertz CT molecular complexity index is 1570. The van der Waals surface area contributed by atoms with Crippen molar-refractivity contribution >= 4 is 25.8 Å². The maximum Gasteiger partial charge on any atom is 0.476 e. The lowest BCUT2D eigenvalue weighted by Gasteiger charge is -2.64. The lowest BCUT2D eigenvalue weighted by Crippen LogP contribution is -2.65. The number of fused-ring (bicyclic) bond motifs is 2. The average Bonchev–Trinajstić information content (AvgIpc) is 3.83. The SMILES string of the molecule is CC1(C)[C@@H]2C[C@H]3OB(CC4COc5ccccc54)O[C@@]3(C)[C@H]1C2.CC1(C)[C@@H]2C[C@H]3OB([C@H](Cl)CC4COc5ccccc54)O[C@@]3(C)[C@H]1C2. The number of halogens is 1. The number of rotatable bonds is 5. The van der Waals surface area contributed by atoms with Crippen LogP contribution in [0.3, 0.4) is 0 Å². The summed E-state index contributed by atoms with van der Waals surface area (Å²) in [6.45, 7) is 15.6. The summed E-state index contributed by atoms with van der Waals surface area (Å²) < 4.78 is 37.3. The van der Waals surface area contributed by atoms with E-state index in [9.17, 15) is 0 Å². The molecule has 6 saturated carbocycles. The second-order valence-electron chi connectivity index (χ2n) is 17.8. The van der Waals surface area contributed by atoms with Crippen molar-refractivity contribution in [3.8, 4) is 11.5 Å². The number of alkyl halides is 1. The molecule has 6 aliphatic carbocycles. The molecule has 0 amide bonds. The minimum atomic E-state index is -0.306. The number of hydrogen-bond donors (Lipinski definition) is 0. The Morgan fingerprint density at radius 3 is 1.81 bits per heavy atom. The third-order valence-electron chi connectivity index (χ3n) is 14.9. The molecule has 2 saturated heterocycles. The van der Waals surface area contributed by atoms with Crippen molar-refractivity contribution in [1.82, 2.24) is 0 Å². The fourth-order valence-corrected chi connectivity index (χ4v) is 11.9. The van der Waals surface area contributed by atoms with Crippen molar-refractivity contribution in [3.05, 3.63) is 59.7 Å². The molecule has 4 heterocycles. The molecular weight excluding hydrogens is 622 g/mol. The molecule has 11 atom stereocenters. The second-order valence-corrected chi connectivity index (χ2v) is 18.4. The molecule has 6 nitrogen and oxygen atoms in total. The molecule has 4 bridgehead atoms. The predicted molar refractivity (Wildman–Crippen MR) is 189 cm³/mol. The highest BCUT2D eigenvalue weighted by atomic mass is 35.5. The molecule has 4 aliphatic heterocycles. The molecule has 8 fully saturated rings. The minimum absolute atomic E-state index is 0.0834. The van der Waals surface area contributed by atoms with Crippen LogP contribution in [0.2, 0.25) is 6.32 Å². The van der Waals surface area contributed by atoms with Gasteiger partial charge in [0, 0.05) is 23.0 Å². The molecule has 9 heteroatoms. The largest absolute Gasteiger partial charge is 0.493 e. The zero-order valence-electron chi connectivity index (χ0n) is 29.5. The summed E-state index contributed by atoms with van der Waals surface area (Å²) in [4.78, 5) is 0. The van der Waals surface area contributed by atoms with Crippen LogP contribution < -0.4 is 9.47 Å². The van der Waals surface area contributed by atoms with Crippen LogP contribution in [-0.2, 0) is 18.6 Å². The lowest BCUT2D eigenvalue weighted by molar-refractivity contribution is -0.199. The molecule has 2 unspecified atom stereocenters. The fourth-order valence-electron chi connectivity index (χ4n) is 11.6. The molecule has 2 aromatic rings. The Balaban J connectivity index is 0.000000131. The summed E-state index contributed by atoms with van der Waals surface area (Å²) in [6.07, 6.45) is 7.05. The van der Waals surface area contributed by atoms with Gasteiger partial charge >= 0.3 is 14.2 Å². The first-order chi connectivity index (χ1) is 22.9. The van der Waals surface area contributed by atoms with Gasteiger partial charge < -0.3 is 28.1 Å². The fraction of sp³-hybridized carbons (Fsp3) is 0.692. The predicted octanol–water partition coefficient (Wildman–Crippen LogP) is 8.32. The maximum absolute atomic E-state index is 6.79. The molecule has 256 valence electrons. The zero-order chi connectivity index (χ0) is 33.2. The van der Waals surface area contributed by atoms with E-state index in [1.165, 1.54) is 24.0 Å². The van der Waals surface area contributed by atoms with E-state index < -0.39 is 0 Å². The van der Waals surface area contributed by atoms with Crippen LogP contribution in [-0.4, -0.2) is 56.1 Å². The smallest absolute Gasteiger partial charge is 0.476 e. The van der Waals surface area contributed by atoms with Crippen molar-refractivity contribution in [2.45, 2.75) is 120 Å². The second kappa shape index (κ2) is 11.1. The highest BCUT2D eigenvalue weighted by molar-refractivity contribution is 6.59. The van der Waals surface area contributed by atoms with Gasteiger partial charge in [-0.05, 0) is 98.9 Å². The van der Waals surface area contributed by atoms with Crippen molar-refractivity contribution < 1.29 is 28.1 Å². The van der Waals surface area contributed by atoms with Crippen LogP contribution in [0, 0.1) is 34.5 Å². The van der Waals surface area contributed by atoms with Gasteiger partial charge in [0.1, 0.15) is 11.5 Å². The molecule has 2 aromatic carbocycles. The van der Waals surface area contributed by atoms with E-state index in [-0.39, 0.29) is 42.9 Å². The van der Waals surface area contributed by atoms with Crippen LogP contribution in [0.25, 0.3) is 0 Å². The Morgan fingerprint density at radius 2 is 1.21 bits per heavy atom. The zero-order valence-corrected chi connectivity index (χ0v) is 30.2. The molecule has 12 rings (SSSR count). The van der Waals surface area contributed by atoms with Crippen LogP contribution >= 0.6 is 11.6 Å². The summed E-state index contributed by atoms with van der Waals surface area (Å²) in [5.41, 5.74) is 3.07. The summed E-state index contributed by atoms with van der Waals surface area (Å²) in [6, 6.07) is 16.6. The van der Waals surface area contributed by atoms with Crippen LogP contribution in [0.1, 0.15) is 96.6 Å². The monoisotopic (exact) mass is 672 g/mol. The topological polar surface area (TPSA) is 55.4 Å². The first-order valence-corrected chi connectivity index (χ1v) is 19.1. The lowest BCUT2D eigenvalue weighted by atomic mass is 9.43. The summed E-state index contributed by atoms with van der Waals surface area (Å²) in [5, 5.41) is -0.150. The number of hydrogen-bond acceptors (Lipinski definition) is 6. The van der Waals surface area contributed by atoms with Gasteiger partial charge in [-0.2, -0.15) is 0 Å². The number of ether oxygens (including phenoxy) is 2. The molecule has 0 radical (unpaired) electrons. The number of para-hydroxylation sites is 2. The first-order valence-electron chi connectivity index (χ1n) is 18.6. The van der Waals surface area contributed by atoms with Crippen molar-refractivity contribution in [1.29, 1.82) is 0 Å². The molecule has 48 heavy (non-hydrogen) atoms. The van der Waals surface area contributed by atoms with E-state index in [2.05, 4.69) is 71.9 Å². The van der Waals surface area contributed by atoms with E-state index >= 15 is 0 Å². The Morgan fingerprint density at radius 1 is 0.688 bits per heavy atom. The van der Waals surface area contributed by atoms with Gasteiger partial charge in [0.15, 0.2) is 0 Å². The third kappa shape index (κ3) is 4.75. The van der Waals surface area contributed by atoms with E-state index in [1.54, 1.807) is 0 Å². The molecule has 0 N–H and O–H groups in total. The van der Waals surface area contributed by atoms with Gasteiger partial charge in [0.25, 0.3) is 0 Å². The van der Waals surface area contributed by atoms with Crippen molar-refractivity contribution in [2.24, 2.45) is 34.5 Å².